The summed E-state index contributed by atoms with van der Waals surface area (Å²) in [5.41, 5.74) is 6.30. The van der Waals surface area contributed by atoms with Gasteiger partial charge in [0.25, 0.3) is 0 Å². The number of carbonyl (C=O) groups excluding carboxylic acids is 1. The quantitative estimate of drug-likeness (QED) is 0.891. The Bertz CT molecular complexity index is 552. The Morgan fingerprint density at radius 3 is 2.83 bits per heavy atom. The molecule has 18 heavy (non-hydrogen) atoms. The minimum absolute atomic E-state index is 0.0121. The number of rotatable bonds is 4. The summed E-state index contributed by atoms with van der Waals surface area (Å²) in [7, 11) is 0. The van der Waals surface area contributed by atoms with Gasteiger partial charge in [-0.1, -0.05) is 11.6 Å². The van der Waals surface area contributed by atoms with E-state index in [9.17, 15) is 4.79 Å². The molecule has 0 aliphatic carbocycles. The molecule has 1 heterocycles. The first kappa shape index (κ1) is 12.5. The lowest BCUT2D eigenvalue weighted by molar-refractivity contribution is 0.100. The first-order chi connectivity index (χ1) is 8.58. The Labute approximate surface area is 110 Å². The van der Waals surface area contributed by atoms with Crippen molar-refractivity contribution in [2.24, 2.45) is 5.73 Å². The van der Waals surface area contributed by atoms with Crippen LogP contribution in [0.2, 0.25) is 5.02 Å². The summed E-state index contributed by atoms with van der Waals surface area (Å²) >= 11 is 5.88. The molecule has 0 radical (unpaired) electrons. The molecule has 1 aromatic heterocycles. The fraction of sp³-hybridized carbons (Fsp3) is 0.154. The van der Waals surface area contributed by atoms with Crippen LogP contribution in [-0.2, 0) is 0 Å². The van der Waals surface area contributed by atoms with Crippen LogP contribution in [0, 0.1) is 0 Å². The molecule has 0 bridgehead atoms. The number of hydrogen-bond acceptors (Lipinski definition) is 3. The fourth-order valence-corrected chi connectivity index (χ4v) is 1.87. The van der Waals surface area contributed by atoms with Crippen LogP contribution >= 0.6 is 11.6 Å². The van der Waals surface area contributed by atoms with Crippen molar-refractivity contribution in [3.05, 3.63) is 52.9 Å². The van der Waals surface area contributed by atoms with Crippen molar-refractivity contribution < 1.29 is 9.21 Å². The number of nitrogens with one attached hydrogen (secondary N) is 1. The average Bonchev–Trinajstić information content (AvgIpc) is 2.85. The highest BCUT2D eigenvalue weighted by molar-refractivity contribution is 6.33. The molecule has 2 aromatic rings. The van der Waals surface area contributed by atoms with Gasteiger partial charge < -0.3 is 15.5 Å². The SMILES string of the molecule is CC(Nc1ccc(Cl)c(C(N)=O)c1)c1ccco1. The van der Waals surface area contributed by atoms with E-state index in [1.54, 1.807) is 24.5 Å². The molecule has 0 saturated heterocycles. The maximum Gasteiger partial charge on any atom is 0.250 e. The minimum Gasteiger partial charge on any atom is -0.467 e. The van der Waals surface area contributed by atoms with E-state index < -0.39 is 5.91 Å². The van der Waals surface area contributed by atoms with Crippen molar-refractivity contribution in [3.63, 3.8) is 0 Å². The lowest BCUT2D eigenvalue weighted by atomic mass is 10.1. The highest BCUT2D eigenvalue weighted by atomic mass is 35.5. The molecule has 4 nitrogen and oxygen atoms in total. The van der Waals surface area contributed by atoms with Gasteiger partial charge in [-0.25, -0.2) is 0 Å². The van der Waals surface area contributed by atoms with Crippen LogP contribution in [0.25, 0.3) is 0 Å². The van der Waals surface area contributed by atoms with Gasteiger partial charge in [0.1, 0.15) is 5.76 Å². The predicted octanol–water partition coefficient (Wildman–Crippen LogP) is 3.21. The second-order valence-electron chi connectivity index (χ2n) is 3.94. The number of hydrogen-bond donors (Lipinski definition) is 2. The second-order valence-corrected chi connectivity index (χ2v) is 4.35. The Hall–Kier alpha value is -1.94. The molecule has 3 N–H and O–H groups in total. The van der Waals surface area contributed by atoms with Gasteiger partial charge in [-0.3, -0.25) is 4.79 Å². The summed E-state index contributed by atoms with van der Waals surface area (Å²) in [4.78, 5) is 11.2. The minimum atomic E-state index is -0.547. The lowest BCUT2D eigenvalue weighted by Gasteiger charge is -2.13. The number of amides is 1. The first-order valence-electron chi connectivity index (χ1n) is 5.47. The molecule has 1 unspecified atom stereocenters. The zero-order chi connectivity index (χ0) is 13.1. The summed E-state index contributed by atoms with van der Waals surface area (Å²) in [5.74, 6) is 0.264. The molecular formula is C13H13ClN2O2. The van der Waals surface area contributed by atoms with Crippen molar-refractivity contribution in [2.45, 2.75) is 13.0 Å². The third-order valence-electron chi connectivity index (χ3n) is 2.58. The lowest BCUT2D eigenvalue weighted by Crippen LogP contribution is -2.13. The van der Waals surface area contributed by atoms with Gasteiger partial charge in [0, 0.05) is 5.69 Å². The van der Waals surface area contributed by atoms with E-state index in [-0.39, 0.29) is 6.04 Å². The zero-order valence-corrected chi connectivity index (χ0v) is 10.6. The molecular weight excluding hydrogens is 252 g/mol. The summed E-state index contributed by atoms with van der Waals surface area (Å²) in [6.45, 7) is 1.96. The highest BCUT2D eigenvalue weighted by Gasteiger charge is 2.11. The maximum atomic E-state index is 11.2. The van der Waals surface area contributed by atoms with E-state index in [0.29, 0.717) is 10.6 Å². The smallest absolute Gasteiger partial charge is 0.250 e. The number of nitrogens with two attached hydrogens (primary N) is 1. The number of carbonyl (C=O) groups is 1. The number of furan rings is 1. The monoisotopic (exact) mass is 264 g/mol. The number of benzene rings is 1. The normalized spacial score (nSPS) is 12.1. The van der Waals surface area contributed by atoms with Crippen molar-refractivity contribution >= 4 is 23.2 Å². The molecule has 94 valence electrons. The van der Waals surface area contributed by atoms with Crippen LogP contribution in [0.4, 0.5) is 5.69 Å². The molecule has 1 aromatic carbocycles. The van der Waals surface area contributed by atoms with Crippen LogP contribution in [0.3, 0.4) is 0 Å². The molecule has 5 heteroatoms. The second kappa shape index (κ2) is 5.14. The molecule has 0 saturated carbocycles. The van der Waals surface area contributed by atoms with Gasteiger partial charge in [-0.2, -0.15) is 0 Å². The largest absolute Gasteiger partial charge is 0.467 e. The molecule has 1 atom stereocenters. The molecule has 0 fully saturated rings. The molecule has 0 spiro atoms. The number of halogens is 1. The summed E-state index contributed by atoms with van der Waals surface area (Å²) < 4.78 is 5.29. The number of primary amides is 1. The van der Waals surface area contributed by atoms with E-state index in [2.05, 4.69) is 5.32 Å². The van der Waals surface area contributed by atoms with Crippen molar-refractivity contribution in [1.82, 2.24) is 0 Å². The van der Waals surface area contributed by atoms with E-state index in [4.69, 9.17) is 21.8 Å². The molecule has 0 aliphatic heterocycles. The van der Waals surface area contributed by atoms with Gasteiger partial charge >= 0.3 is 0 Å². The van der Waals surface area contributed by atoms with E-state index in [1.165, 1.54) is 0 Å². The molecule has 0 aliphatic rings. The van der Waals surface area contributed by atoms with Crippen LogP contribution in [0.1, 0.15) is 29.1 Å². The third-order valence-corrected chi connectivity index (χ3v) is 2.91. The standard InChI is InChI=1S/C13H13ClN2O2/c1-8(12-3-2-6-18-12)16-9-4-5-11(14)10(7-9)13(15)17/h2-8,16H,1H3,(H2,15,17). The van der Waals surface area contributed by atoms with E-state index in [1.807, 2.05) is 19.1 Å². The summed E-state index contributed by atoms with van der Waals surface area (Å²) in [6.07, 6.45) is 1.62. The van der Waals surface area contributed by atoms with Crippen LogP contribution in [0.15, 0.2) is 41.0 Å². The van der Waals surface area contributed by atoms with Gasteiger partial charge in [-0.15, -0.1) is 0 Å². The van der Waals surface area contributed by atoms with Crippen LogP contribution < -0.4 is 11.1 Å². The Kier molecular flexibility index (Phi) is 3.58. The van der Waals surface area contributed by atoms with Gasteiger partial charge in [-0.05, 0) is 37.3 Å². The van der Waals surface area contributed by atoms with Crippen molar-refractivity contribution in [3.8, 4) is 0 Å². The summed E-state index contributed by atoms with van der Waals surface area (Å²) in [6, 6.07) is 8.74. The Morgan fingerprint density at radius 2 is 2.22 bits per heavy atom. The first-order valence-corrected chi connectivity index (χ1v) is 5.85. The third kappa shape index (κ3) is 2.65. The number of anilines is 1. The van der Waals surface area contributed by atoms with Crippen molar-refractivity contribution in [1.29, 1.82) is 0 Å². The fourth-order valence-electron chi connectivity index (χ4n) is 1.66. The van der Waals surface area contributed by atoms with E-state index >= 15 is 0 Å². The van der Waals surface area contributed by atoms with E-state index in [0.717, 1.165) is 11.4 Å². The maximum absolute atomic E-state index is 11.2. The molecule has 1 amide bonds. The molecule has 2 rings (SSSR count). The zero-order valence-electron chi connectivity index (χ0n) is 9.81. The highest BCUT2D eigenvalue weighted by Crippen LogP contribution is 2.24. The predicted molar refractivity (Wildman–Crippen MR) is 70.7 cm³/mol. The van der Waals surface area contributed by atoms with Crippen molar-refractivity contribution in [2.75, 3.05) is 5.32 Å². The Morgan fingerprint density at radius 1 is 1.44 bits per heavy atom. The van der Waals surface area contributed by atoms with Gasteiger partial charge in [0.15, 0.2) is 0 Å². The topological polar surface area (TPSA) is 68.3 Å². The van der Waals surface area contributed by atoms with Gasteiger partial charge in [0.2, 0.25) is 5.91 Å². The Balaban J connectivity index is 2.20. The van der Waals surface area contributed by atoms with Gasteiger partial charge in [0.05, 0.1) is 22.9 Å². The summed E-state index contributed by atoms with van der Waals surface area (Å²) in [5, 5.41) is 3.55. The van der Waals surface area contributed by atoms with Crippen LogP contribution in [-0.4, -0.2) is 5.91 Å². The average molecular weight is 265 g/mol. The van der Waals surface area contributed by atoms with Crippen LogP contribution in [0.5, 0.6) is 0 Å².